The van der Waals surface area contributed by atoms with E-state index in [9.17, 15) is 22.8 Å². The number of nitrogens with one attached hydrogen (secondary N) is 1. The van der Waals surface area contributed by atoms with E-state index in [-0.39, 0.29) is 18.6 Å². The molecule has 134 valence electrons. The quantitative estimate of drug-likeness (QED) is 0.602. The molecule has 3 N–H and O–H groups in total. The monoisotopic (exact) mass is 363 g/mol. The summed E-state index contributed by atoms with van der Waals surface area (Å²) in [5.41, 5.74) is 3.90. The molecule has 11 nitrogen and oxygen atoms in total. The molecule has 1 aromatic rings. The molecule has 0 radical (unpaired) electrons. The first kappa shape index (κ1) is 18.2. The summed E-state index contributed by atoms with van der Waals surface area (Å²) in [4.78, 5) is 36.2. The van der Waals surface area contributed by atoms with Gasteiger partial charge in [0, 0.05) is 18.2 Å². The predicted molar refractivity (Wildman–Crippen MR) is 79.8 cm³/mol. The summed E-state index contributed by atoms with van der Waals surface area (Å²) < 4.78 is 38.9. The van der Waals surface area contributed by atoms with E-state index >= 15 is 0 Å². The van der Waals surface area contributed by atoms with Crippen molar-refractivity contribution in [2.24, 2.45) is 5.73 Å². The third kappa shape index (κ3) is 4.43. The summed E-state index contributed by atoms with van der Waals surface area (Å²) in [7, 11) is -3.81. The maximum Gasteiger partial charge on any atom is 0.404 e. The molecule has 12 heteroatoms. The maximum atomic E-state index is 11.9. The predicted octanol–water partition coefficient (Wildman–Crippen LogP) is -1.43. The molecular formula is C12H17N3O8S. The number of amides is 1. The molecule has 0 unspecified atom stereocenters. The fraction of sp³-hybridized carbons (Fsp3) is 0.583. The second kappa shape index (κ2) is 6.75. The third-order valence-electron chi connectivity index (χ3n) is 3.32. The van der Waals surface area contributed by atoms with E-state index < -0.39 is 45.9 Å². The number of ether oxygens (including phenoxy) is 2. The van der Waals surface area contributed by atoms with Gasteiger partial charge in [-0.1, -0.05) is 0 Å². The number of carbonyl (C=O) groups is 1. The van der Waals surface area contributed by atoms with Crippen molar-refractivity contribution < 1.29 is 26.9 Å². The number of H-pyrrole nitrogens is 1. The van der Waals surface area contributed by atoms with E-state index in [1.807, 2.05) is 0 Å². The zero-order chi connectivity index (χ0) is 18.1. The number of carbonyl (C=O) groups excluding carboxylic acids is 1. The first-order valence-electron chi connectivity index (χ1n) is 6.85. The molecule has 0 saturated carbocycles. The van der Waals surface area contributed by atoms with Crippen molar-refractivity contribution >= 4 is 16.2 Å². The molecule has 1 fully saturated rings. The van der Waals surface area contributed by atoms with E-state index in [0.29, 0.717) is 0 Å². The lowest BCUT2D eigenvalue weighted by Crippen LogP contribution is -2.34. The highest BCUT2D eigenvalue weighted by atomic mass is 32.2. The summed E-state index contributed by atoms with van der Waals surface area (Å²) in [6.07, 6.45) is -1.74. The van der Waals surface area contributed by atoms with E-state index in [0.717, 1.165) is 10.8 Å². The number of nitrogens with zero attached hydrogens (tertiary/aromatic N) is 1. The summed E-state index contributed by atoms with van der Waals surface area (Å²) in [5, 5.41) is 0. The molecule has 2 rings (SSSR count). The highest BCUT2D eigenvalue weighted by Crippen LogP contribution is 2.31. The Kier molecular flexibility index (Phi) is 5.11. The van der Waals surface area contributed by atoms with Crippen LogP contribution in [0.15, 0.2) is 15.8 Å². The molecule has 1 aliphatic heterocycles. The Bertz CT molecular complexity index is 843. The van der Waals surface area contributed by atoms with Gasteiger partial charge < -0.3 is 15.2 Å². The minimum atomic E-state index is -3.81. The van der Waals surface area contributed by atoms with Crippen LogP contribution in [0, 0.1) is 6.92 Å². The van der Waals surface area contributed by atoms with Gasteiger partial charge in [0.15, 0.2) is 0 Å². The molecule has 0 aliphatic carbocycles. The standard InChI is InChI=1S/C12H17N3O8S/c1-6-4-15(12(18)14-10(6)16)9-3-7(23-24(2,19)20)8(22-9)5-21-11(13)17/h4,7-9H,3,5H2,1-2H3,(H2,13,17)(H,14,16,18)/t7-,8+,9+/m0/s1. The number of rotatable bonds is 5. The average molecular weight is 363 g/mol. The van der Waals surface area contributed by atoms with Gasteiger partial charge in [-0.2, -0.15) is 8.42 Å². The lowest BCUT2D eigenvalue weighted by atomic mass is 10.2. The molecule has 2 heterocycles. The van der Waals surface area contributed by atoms with Crippen molar-refractivity contribution in [1.29, 1.82) is 0 Å². The van der Waals surface area contributed by atoms with Crippen LogP contribution in [0.2, 0.25) is 0 Å². The molecule has 3 atom stereocenters. The van der Waals surface area contributed by atoms with Crippen LogP contribution in [0.1, 0.15) is 18.2 Å². The van der Waals surface area contributed by atoms with Crippen LogP contribution in [-0.2, 0) is 23.8 Å². The Morgan fingerprint density at radius 3 is 2.75 bits per heavy atom. The molecule has 1 amide bonds. The van der Waals surface area contributed by atoms with Crippen LogP contribution in [0.5, 0.6) is 0 Å². The number of hydrogen-bond donors (Lipinski definition) is 2. The Labute approximate surface area is 136 Å². The third-order valence-corrected chi connectivity index (χ3v) is 3.92. The van der Waals surface area contributed by atoms with Crippen molar-refractivity contribution in [3.63, 3.8) is 0 Å². The first-order valence-corrected chi connectivity index (χ1v) is 8.66. The molecular weight excluding hydrogens is 346 g/mol. The van der Waals surface area contributed by atoms with Gasteiger partial charge in [0.05, 0.1) is 6.26 Å². The van der Waals surface area contributed by atoms with Crippen LogP contribution in [0.25, 0.3) is 0 Å². The lowest BCUT2D eigenvalue weighted by molar-refractivity contribution is -0.0436. The summed E-state index contributed by atoms with van der Waals surface area (Å²) >= 11 is 0. The van der Waals surface area contributed by atoms with Gasteiger partial charge in [-0.15, -0.1) is 0 Å². The number of aryl methyl sites for hydroxylation is 1. The molecule has 1 aliphatic rings. The van der Waals surface area contributed by atoms with Crippen LogP contribution in [0.4, 0.5) is 4.79 Å². The molecule has 0 bridgehead atoms. The second-order valence-corrected chi connectivity index (χ2v) is 6.91. The summed E-state index contributed by atoms with van der Waals surface area (Å²) in [6, 6.07) is 0. The van der Waals surface area contributed by atoms with Crippen LogP contribution >= 0.6 is 0 Å². The molecule has 24 heavy (non-hydrogen) atoms. The van der Waals surface area contributed by atoms with Crippen molar-refractivity contribution in [2.45, 2.75) is 31.8 Å². The number of aromatic nitrogens is 2. The minimum absolute atomic E-state index is 0.00868. The van der Waals surface area contributed by atoms with E-state index in [1.165, 1.54) is 13.1 Å². The van der Waals surface area contributed by atoms with Gasteiger partial charge in [-0.25, -0.2) is 9.59 Å². The Balaban J connectivity index is 2.27. The molecule has 1 aromatic heterocycles. The van der Waals surface area contributed by atoms with Crippen LogP contribution in [0.3, 0.4) is 0 Å². The van der Waals surface area contributed by atoms with E-state index in [4.69, 9.17) is 14.7 Å². The molecule has 0 spiro atoms. The largest absolute Gasteiger partial charge is 0.447 e. The average Bonchev–Trinajstić information content (AvgIpc) is 2.81. The van der Waals surface area contributed by atoms with Crippen molar-refractivity contribution in [2.75, 3.05) is 12.9 Å². The first-order chi connectivity index (χ1) is 11.1. The Morgan fingerprint density at radius 1 is 1.50 bits per heavy atom. The zero-order valence-electron chi connectivity index (χ0n) is 12.9. The highest BCUT2D eigenvalue weighted by Gasteiger charge is 2.40. The van der Waals surface area contributed by atoms with Gasteiger partial charge in [0.2, 0.25) is 0 Å². The van der Waals surface area contributed by atoms with Crippen molar-refractivity contribution in [3.8, 4) is 0 Å². The van der Waals surface area contributed by atoms with Gasteiger partial charge in [0.1, 0.15) is 25.0 Å². The summed E-state index contributed by atoms with van der Waals surface area (Å²) in [5.74, 6) is 0. The SMILES string of the molecule is Cc1cn([C@H]2C[C@H](OS(C)(=O)=O)[C@@H](COC(N)=O)O2)c(=O)[nH]c1=O. The van der Waals surface area contributed by atoms with Crippen LogP contribution in [-0.4, -0.2) is 49.1 Å². The second-order valence-electron chi connectivity index (χ2n) is 5.31. The van der Waals surface area contributed by atoms with Gasteiger partial charge in [-0.05, 0) is 6.92 Å². The maximum absolute atomic E-state index is 11.9. The summed E-state index contributed by atoms with van der Waals surface area (Å²) in [6.45, 7) is 1.16. The zero-order valence-corrected chi connectivity index (χ0v) is 13.7. The Morgan fingerprint density at radius 2 is 2.17 bits per heavy atom. The fourth-order valence-corrected chi connectivity index (χ4v) is 2.96. The van der Waals surface area contributed by atoms with Crippen LogP contribution < -0.4 is 17.0 Å². The van der Waals surface area contributed by atoms with E-state index in [1.54, 1.807) is 0 Å². The molecule has 1 saturated heterocycles. The highest BCUT2D eigenvalue weighted by molar-refractivity contribution is 7.86. The normalized spacial score (nSPS) is 24.0. The van der Waals surface area contributed by atoms with Gasteiger partial charge in [-0.3, -0.25) is 18.5 Å². The smallest absolute Gasteiger partial charge is 0.404 e. The minimum Gasteiger partial charge on any atom is -0.447 e. The topological polar surface area (TPSA) is 160 Å². The number of primary amides is 1. The number of hydrogen-bond acceptors (Lipinski definition) is 8. The molecule has 0 aromatic carbocycles. The Hall–Kier alpha value is -2.18. The lowest BCUT2D eigenvalue weighted by Gasteiger charge is -2.17. The van der Waals surface area contributed by atoms with Gasteiger partial charge >= 0.3 is 11.8 Å². The van der Waals surface area contributed by atoms with Crippen molar-refractivity contribution in [1.82, 2.24) is 9.55 Å². The number of aromatic amines is 1. The van der Waals surface area contributed by atoms with Crippen molar-refractivity contribution in [3.05, 3.63) is 32.6 Å². The van der Waals surface area contributed by atoms with E-state index in [2.05, 4.69) is 9.72 Å². The fourth-order valence-electron chi connectivity index (χ4n) is 2.31. The number of nitrogens with two attached hydrogens (primary N) is 1. The van der Waals surface area contributed by atoms with Gasteiger partial charge in [0.25, 0.3) is 15.7 Å².